The van der Waals surface area contributed by atoms with Gasteiger partial charge in [-0.1, -0.05) is 218 Å². The summed E-state index contributed by atoms with van der Waals surface area (Å²) >= 11 is 0. The van der Waals surface area contributed by atoms with Crippen LogP contribution < -0.4 is 4.90 Å². The largest absolute Gasteiger partial charge is 0.366 e. The highest BCUT2D eigenvalue weighted by Crippen LogP contribution is 2.57. The van der Waals surface area contributed by atoms with E-state index < -0.39 is 0 Å². The fraction of sp³-hybridized carbons (Fsp3) is 0.127. The number of likely N-dealkylation sites (N-methyl/N-ethyl adjacent to an activating group) is 1. The van der Waals surface area contributed by atoms with E-state index in [0.29, 0.717) is 0 Å². The molecule has 0 bridgehead atoms. The molecule has 0 saturated heterocycles. The maximum atomic E-state index is 2.63. The summed E-state index contributed by atoms with van der Waals surface area (Å²) in [5.74, 6) is 0.0421. The van der Waals surface area contributed by atoms with E-state index in [9.17, 15) is 0 Å². The molecule has 0 N–H and O–H groups in total. The minimum Gasteiger partial charge on any atom is -0.366 e. The maximum absolute atomic E-state index is 2.63. The lowest BCUT2D eigenvalue weighted by Crippen LogP contribution is -2.23. The first-order chi connectivity index (χ1) is 36.4. The number of hydrogen-bond donors (Lipinski definition) is 0. The topological polar surface area (TPSA) is 13.1 Å². The second-order valence-electron chi connectivity index (χ2n) is 20.4. The average molecular weight is 954 g/mol. The molecule has 2 aliphatic carbocycles. The third-order valence-corrected chi connectivity index (χ3v) is 16.3. The van der Waals surface area contributed by atoms with E-state index in [4.69, 9.17) is 0 Å². The normalized spacial score (nSPS) is 17.8. The van der Waals surface area contributed by atoms with Crippen LogP contribution >= 0.6 is 0 Å². The van der Waals surface area contributed by atoms with E-state index in [1.54, 1.807) is 0 Å². The molecule has 0 saturated carbocycles. The zero-order valence-corrected chi connectivity index (χ0v) is 42.6. The molecule has 2 unspecified atom stereocenters. The summed E-state index contributed by atoms with van der Waals surface area (Å²) in [7, 11) is 6.79. The Hall–Kier alpha value is -8.66. The molecule has 1 aliphatic heterocycles. The quantitative estimate of drug-likeness (QED) is 0.141. The van der Waals surface area contributed by atoms with Gasteiger partial charge < -0.3 is 14.0 Å². The van der Waals surface area contributed by atoms with Crippen LogP contribution in [-0.2, 0) is 14.1 Å². The number of rotatable bonds is 9. The van der Waals surface area contributed by atoms with E-state index in [-0.39, 0.29) is 12.0 Å². The zero-order chi connectivity index (χ0) is 49.9. The molecule has 0 fully saturated rings. The minimum absolute atomic E-state index is 0.0421. The number of aryl methyl sites for hydroxylation is 2. The Balaban J connectivity index is 1.11. The molecular formula is C71H59N3. The molecule has 8 aromatic carbocycles. The Kier molecular flexibility index (Phi) is 11.5. The zero-order valence-electron chi connectivity index (χ0n) is 42.6. The molecule has 2 atom stereocenters. The van der Waals surface area contributed by atoms with Crippen molar-refractivity contribution < 1.29 is 0 Å². The van der Waals surface area contributed by atoms with Crippen LogP contribution in [0, 0.1) is 0 Å². The third kappa shape index (κ3) is 7.49. The first kappa shape index (κ1) is 45.2. The molecule has 2 aromatic heterocycles. The first-order valence-corrected chi connectivity index (χ1v) is 26.3. The standard InChI is InChI=1S/C71H59N3/c1-47-54-36-17-18-37-55(54)65(64(47)50-28-9-5-10-29-50)59(66-56-38-19-22-41-61(56)72(2)69(66)51-30-11-6-12-31-51)45-48-26-25-27-49(44-48)46-60(67-57-39-20-23-42-62(57)73(3)70(67)52-32-13-7-14-33-52)68-58-40-21-24-43-63(58)74(4)71(68)53-34-15-8-16-35-53/h5-24,28-46,67,70H,25-27H2,1-4H3/b48-45+,60-46+,65-59?. The Labute approximate surface area is 435 Å². The van der Waals surface area contributed by atoms with E-state index >= 15 is 0 Å². The van der Waals surface area contributed by atoms with Crippen LogP contribution in [0.15, 0.2) is 248 Å². The highest BCUT2D eigenvalue weighted by atomic mass is 15.2. The van der Waals surface area contributed by atoms with Gasteiger partial charge in [0.25, 0.3) is 0 Å². The summed E-state index contributed by atoms with van der Waals surface area (Å²) in [6.45, 7) is 2.32. The SMILES string of the molecule is CC1=C(c2ccccc2)C(=C(/C=C2C=C(/C=C(/c3c(-c4ccccc4)n(C)c4ccccc34)C3c4ccccc4N(C)C3c3ccccc3)CCC/2)c2c(-c3ccccc3)n(C)c3ccccc23)c2ccccc21. The molecule has 10 aromatic rings. The average Bonchev–Trinajstić information content (AvgIpc) is 4.16. The van der Waals surface area contributed by atoms with Crippen LogP contribution in [-0.4, -0.2) is 16.2 Å². The van der Waals surface area contributed by atoms with Crippen LogP contribution in [0.4, 0.5) is 5.69 Å². The second-order valence-corrected chi connectivity index (χ2v) is 20.4. The van der Waals surface area contributed by atoms with Gasteiger partial charge in [0.1, 0.15) is 0 Å². The second kappa shape index (κ2) is 18.7. The number of anilines is 1. The van der Waals surface area contributed by atoms with Gasteiger partial charge in [-0.25, -0.2) is 0 Å². The predicted octanol–water partition coefficient (Wildman–Crippen LogP) is 18.0. The fourth-order valence-electron chi connectivity index (χ4n) is 13.0. The Morgan fingerprint density at radius 2 is 1.01 bits per heavy atom. The number of allylic oxidation sites excluding steroid dienone is 9. The highest BCUT2D eigenvalue weighted by Gasteiger charge is 2.42. The molecule has 74 heavy (non-hydrogen) atoms. The molecule has 13 rings (SSSR count). The highest BCUT2D eigenvalue weighted by molar-refractivity contribution is 6.29. The van der Waals surface area contributed by atoms with Crippen molar-refractivity contribution in [3.05, 3.63) is 287 Å². The fourth-order valence-corrected chi connectivity index (χ4v) is 13.0. The lowest BCUT2D eigenvalue weighted by molar-refractivity contribution is 0.664. The molecule has 3 heteroatoms. The number of fused-ring (bicyclic) bond motifs is 4. The number of benzene rings is 8. The molecule has 0 radical (unpaired) electrons. The summed E-state index contributed by atoms with van der Waals surface area (Å²) in [6, 6.07) is 80.7. The van der Waals surface area contributed by atoms with E-state index in [1.807, 2.05) is 0 Å². The lowest BCUT2D eigenvalue weighted by atomic mass is 9.78. The molecular weight excluding hydrogens is 895 g/mol. The molecule has 0 amide bonds. The van der Waals surface area contributed by atoms with Crippen molar-refractivity contribution >= 4 is 55.4 Å². The van der Waals surface area contributed by atoms with Crippen LogP contribution in [0.3, 0.4) is 0 Å². The van der Waals surface area contributed by atoms with Crippen LogP contribution in [0.5, 0.6) is 0 Å². The van der Waals surface area contributed by atoms with E-state index in [0.717, 1.165) is 19.3 Å². The van der Waals surface area contributed by atoms with Gasteiger partial charge in [-0.2, -0.15) is 0 Å². The molecule has 3 aliphatic rings. The lowest BCUT2D eigenvalue weighted by Gasteiger charge is -2.30. The van der Waals surface area contributed by atoms with Gasteiger partial charge in [-0.05, 0) is 122 Å². The van der Waals surface area contributed by atoms with E-state index in [2.05, 4.69) is 279 Å². The summed E-state index contributed by atoms with van der Waals surface area (Å²) in [5, 5.41) is 2.53. The molecule has 0 spiro atoms. The maximum Gasteiger partial charge on any atom is 0.0649 e. The van der Waals surface area contributed by atoms with E-state index in [1.165, 1.54) is 128 Å². The summed E-state index contributed by atoms with van der Waals surface area (Å²) in [4.78, 5) is 2.53. The van der Waals surface area contributed by atoms with Gasteiger partial charge in [-0.15, -0.1) is 0 Å². The van der Waals surface area contributed by atoms with Crippen LogP contribution in [0.25, 0.3) is 72.2 Å². The molecule has 3 heterocycles. The van der Waals surface area contributed by atoms with Crippen LogP contribution in [0.1, 0.15) is 77.1 Å². The monoisotopic (exact) mass is 953 g/mol. The van der Waals surface area contributed by atoms with Crippen molar-refractivity contribution in [2.45, 2.75) is 38.1 Å². The number of nitrogens with zero attached hydrogens (tertiary/aromatic N) is 3. The Morgan fingerprint density at radius 3 is 1.66 bits per heavy atom. The van der Waals surface area contributed by atoms with Crippen molar-refractivity contribution in [3.8, 4) is 22.5 Å². The van der Waals surface area contributed by atoms with Gasteiger partial charge in [0, 0.05) is 65.7 Å². The van der Waals surface area contributed by atoms with Gasteiger partial charge in [0.05, 0.1) is 17.4 Å². The van der Waals surface area contributed by atoms with Gasteiger partial charge in [-0.3, -0.25) is 0 Å². The Morgan fingerprint density at radius 1 is 0.500 bits per heavy atom. The van der Waals surface area contributed by atoms with Gasteiger partial charge in [0.15, 0.2) is 0 Å². The van der Waals surface area contributed by atoms with Crippen molar-refractivity contribution in [1.82, 2.24) is 9.13 Å². The molecule has 3 nitrogen and oxygen atoms in total. The number of para-hydroxylation sites is 3. The number of aromatic nitrogens is 2. The third-order valence-electron chi connectivity index (χ3n) is 16.3. The van der Waals surface area contributed by atoms with Gasteiger partial charge >= 0.3 is 0 Å². The van der Waals surface area contributed by atoms with Crippen molar-refractivity contribution in [1.29, 1.82) is 0 Å². The van der Waals surface area contributed by atoms with Crippen molar-refractivity contribution in [2.75, 3.05) is 11.9 Å². The summed E-state index contributed by atoms with van der Waals surface area (Å²) in [5.41, 5.74) is 26.9. The summed E-state index contributed by atoms with van der Waals surface area (Å²) in [6.07, 6.45) is 10.8. The smallest absolute Gasteiger partial charge is 0.0649 e. The molecule has 358 valence electrons. The first-order valence-electron chi connectivity index (χ1n) is 26.3. The summed E-state index contributed by atoms with van der Waals surface area (Å²) < 4.78 is 4.85. The number of hydrogen-bond acceptors (Lipinski definition) is 1. The minimum atomic E-state index is 0.0421. The van der Waals surface area contributed by atoms with Gasteiger partial charge in [0.2, 0.25) is 0 Å². The predicted molar refractivity (Wildman–Crippen MR) is 314 cm³/mol. The van der Waals surface area contributed by atoms with Crippen LogP contribution in [0.2, 0.25) is 0 Å². The van der Waals surface area contributed by atoms with Crippen molar-refractivity contribution in [3.63, 3.8) is 0 Å². The van der Waals surface area contributed by atoms with Crippen molar-refractivity contribution in [2.24, 2.45) is 14.1 Å². The Bertz CT molecular complexity index is 3950.